The van der Waals surface area contributed by atoms with Crippen molar-refractivity contribution in [3.63, 3.8) is 0 Å². The number of sulfonamides is 1. The van der Waals surface area contributed by atoms with Crippen molar-refractivity contribution >= 4 is 10.0 Å². The maximum Gasteiger partial charge on any atom is 0.242 e. The fourth-order valence-electron chi connectivity index (χ4n) is 1.24. The second-order valence-corrected chi connectivity index (χ2v) is 5.25. The minimum Gasteiger partial charge on any atom is -0.244 e. The van der Waals surface area contributed by atoms with Crippen LogP contribution in [0.25, 0.3) is 0 Å². The van der Waals surface area contributed by atoms with E-state index in [4.69, 9.17) is 5.26 Å². The summed E-state index contributed by atoms with van der Waals surface area (Å²) in [4.78, 5) is 3.76. The van der Waals surface area contributed by atoms with E-state index in [-0.39, 0.29) is 16.6 Å². The first kappa shape index (κ1) is 13.4. The summed E-state index contributed by atoms with van der Waals surface area (Å²) in [7, 11) is -3.58. The number of aromatic nitrogens is 1. The second-order valence-electron chi connectivity index (χ2n) is 3.54. The third kappa shape index (κ3) is 3.66. The zero-order chi connectivity index (χ0) is 12.9. The van der Waals surface area contributed by atoms with Gasteiger partial charge in [-0.15, -0.1) is 6.58 Å². The lowest BCUT2D eigenvalue weighted by molar-refractivity contribution is 0.562. The van der Waals surface area contributed by atoms with Crippen molar-refractivity contribution in [3.05, 3.63) is 36.7 Å². The Bertz CT molecular complexity index is 529. The Balaban J connectivity index is 2.90. The lowest BCUT2D eigenvalue weighted by Gasteiger charge is -2.11. The molecule has 0 fully saturated rings. The average molecular weight is 251 g/mol. The summed E-state index contributed by atoms with van der Waals surface area (Å²) in [5.74, 6) is 0. The quantitative estimate of drug-likeness (QED) is 0.797. The summed E-state index contributed by atoms with van der Waals surface area (Å²) in [6.45, 7) is 5.29. The molecule has 0 saturated heterocycles. The minimum absolute atomic E-state index is 0.0485. The molecule has 0 amide bonds. The van der Waals surface area contributed by atoms with Crippen LogP contribution in [0.1, 0.15) is 19.0 Å². The van der Waals surface area contributed by atoms with Crippen LogP contribution in [0.2, 0.25) is 0 Å². The van der Waals surface area contributed by atoms with Crippen molar-refractivity contribution in [3.8, 4) is 6.07 Å². The van der Waals surface area contributed by atoms with Gasteiger partial charge in [0.25, 0.3) is 0 Å². The molecular formula is C11H13N3O2S. The normalized spacial score (nSPS) is 12.7. The second kappa shape index (κ2) is 5.57. The molecule has 0 saturated carbocycles. The minimum atomic E-state index is -3.58. The van der Waals surface area contributed by atoms with Crippen molar-refractivity contribution in [2.45, 2.75) is 24.3 Å². The van der Waals surface area contributed by atoms with E-state index in [1.807, 2.05) is 6.07 Å². The van der Waals surface area contributed by atoms with Crippen LogP contribution in [0.15, 0.2) is 35.9 Å². The topological polar surface area (TPSA) is 82.9 Å². The van der Waals surface area contributed by atoms with Crippen LogP contribution in [0.4, 0.5) is 0 Å². The Labute approximate surface area is 101 Å². The van der Waals surface area contributed by atoms with Gasteiger partial charge in [0.15, 0.2) is 0 Å². The number of nitrogens with one attached hydrogen (secondary N) is 1. The average Bonchev–Trinajstić information content (AvgIpc) is 2.28. The maximum absolute atomic E-state index is 11.8. The van der Waals surface area contributed by atoms with Crippen LogP contribution >= 0.6 is 0 Å². The summed E-state index contributed by atoms with van der Waals surface area (Å²) in [6.07, 6.45) is 3.36. The Morgan fingerprint density at radius 1 is 1.65 bits per heavy atom. The van der Waals surface area contributed by atoms with Crippen molar-refractivity contribution in [1.82, 2.24) is 9.71 Å². The molecule has 0 aliphatic carbocycles. The summed E-state index contributed by atoms with van der Waals surface area (Å²) in [5.41, 5.74) is 0.183. The van der Waals surface area contributed by atoms with Gasteiger partial charge in [-0.3, -0.25) is 0 Å². The smallest absolute Gasteiger partial charge is 0.242 e. The Hall–Kier alpha value is -1.71. The van der Waals surface area contributed by atoms with Gasteiger partial charge < -0.3 is 0 Å². The molecule has 90 valence electrons. The number of nitriles is 1. The number of rotatable bonds is 5. The molecule has 0 aliphatic rings. The van der Waals surface area contributed by atoms with E-state index >= 15 is 0 Å². The van der Waals surface area contributed by atoms with E-state index in [9.17, 15) is 8.42 Å². The molecule has 1 heterocycles. The number of pyridine rings is 1. The highest BCUT2D eigenvalue weighted by Crippen LogP contribution is 2.09. The van der Waals surface area contributed by atoms with E-state index in [0.717, 1.165) is 0 Å². The van der Waals surface area contributed by atoms with Crippen LogP contribution < -0.4 is 4.72 Å². The van der Waals surface area contributed by atoms with E-state index in [1.165, 1.54) is 18.3 Å². The van der Waals surface area contributed by atoms with E-state index in [1.54, 1.807) is 13.0 Å². The molecule has 1 aromatic rings. The standard InChI is InChI=1S/C11H13N3O2S/c1-3-4-9(2)14-17(15,16)11-6-5-10(7-12)13-8-11/h3,5-6,8-9,14H,1,4H2,2H3. The van der Waals surface area contributed by atoms with Gasteiger partial charge in [0.05, 0.1) is 0 Å². The van der Waals surface area contributed by atoms with E-state index < -0.39 is 10.0 Å². The number of nitrogens with zero attached hydrogens (tertiary/aromatic N) is 2. The molecule has 0 aliphatic heterocycles. The molecule has 0 aromatic carbocycles. The van der Waals surface area contributed by atoms with Gasteiger partial charge in [-0.05, 0) is 25.5 Å². The predicted molar refractivity (Wildman–Crippen MR) is 63.5 cm³/mol. The van der Waals surface area contributed by atoms with Crippen molar-refractivity contribution < 1.29 is 8.42 Å². The van der Waals surface area contributed by atoms with E-state index in [0.29, 0.717) is 6.42 Å². The highest BCUT2D eigenvalue weighted by atomic mass is 32.2. The Kier molecular flexibility index (Phi) is 4.37. The molecule has 6 heteroatoms. The molecule has 1 rings (SSSR count). The largest absolute Gasteiger partial charge is 0.244 e. The van der Waals surface area contributed by atoms with Gasteiger partial charge in [0.1, 0.15) is 16.7 Å². The third-order valence-electron chi connectivity index (χ3n) is 2.04. The first-order valence-electron chi connectivity index (χ1n) is 4.99. The first-order chi connectivity index (χ1) is 7.99. The first-order valence-corrected chi connectivity index (χ1v) is 6.47. The van der Waals surface area contributed by atoms with Crippen molar-refractivity contribution in [1.29, 1.82) is 5.26 Å². The van der Waals surface area contributed by atoms with Gasteiger partial charge >= 0.3 is 0 Å². The van der Waals surface area contributed by atoms with Crippen LogP contribution in [0, 0.1) is 11.3 Å². The molecule has 1 N–H and O–H groups in total. The molecule has 1 aromatic heterocycles. The SMILES string of the molecule is C=CCC(C)NS(=O)(=O)c1ccc(C#N)nc1. The van der Waals surface area contributed by atoms with Crippen LogP contribution in [0.5, 0.6) is 0 Å². The fraction of sp³-hybridized carbons (Fsp3) is 0.273. The van der Waals surface area contributed by atoms with Gasteiger partial charge in [-0.25, -0.2) is 18.1 Å². The molecular weight excluding hydrogens is 238 g/mol. The number of hydrogen-bond acceptors (Lipinski definition) is 4. The molecule has 1 unspecified atom stereocenters. The highest BCUT2D eigenvalue weighted by Gasteiger charge is 2.16. The van der Waals surface area contributed by atoms with Crippen molar-refractivity contribution in [2.75, 3.05) is 0 Å². The monoisotopic (exact) mass is 251 g/mol. The van der Waals surface area contributed by atoms with Crippen molar-refractivity contribution in [2.24, 2.45) is 0 Å². The molecule has 5 nitrogen and oxygen atoms in total. The predicted octanol–water partition coefficient (Wildman–Crippen LogP) is 1.20. The van der Waals surface area contributed by atoms with Gasteiger partial charge in [-0.2, -0.15) is 5.26 Å². The zero-order valence-electron chi connectivity index (χ0n) is 9.42. The molecule has 0 spiro atoms. The molecule has 1 atom stereocenters. The summed E-state index contributed by atoms with van der Waals surface area (Å²) < 4.78 is 26.2. The molecule has 17 heavy (non-hydrogen) atoms. The molecule has 0 radical (unpaired) electrons. The van der Waals surface area contributed by atoms with E-state index in [2.05, 4.69) is 16.3 Å². The summed E-state index contributed by atoms with van der Waals surface area (Å²) in [6, 6.07) is 4.32. The fourth-order valence-corrected chi connectivity index (χ4v) is 2.44. The van der Waals surface area contributed by atoms with Crippen LogP contribution in [-0.2, 0) is 10.0 Å². The highest BCUT2D eigenvalue weighted by molar-refractivity contribution is 7.89. The van der Waals surface area contributed by atoms with Gasteiger partial charge in [0, 0.05) is 12.2 Å². The lowest BCUT2D eigenvalue weighted by atomic mass is 10.3. The third-order valence-corrected chi connectivity index (χ3v) is 3.61. The zero-order valence-corrected chi connectivity index (χ0v) is 10.2. The maximum atomic E-state index is 11.8. The Morgan fingerprint density at radius 2 is 2.35 bits per heavy atom. The number of hydrogen-bond donors (Lipinski definition) is 1. The summed E-state index contributed by atoms with van der Waals surface area (Å²) >= 11 is 0. The van der Waals surface area contributed by atoms with Crippen LogP contribution in [0.3, 0.4) is 0 Å². The Morgan fingerprint density at radius 3 is 2.82 bits per heavy atom. The van der Waals surface area contributed by atoms with Crippen LogP contribution in [-0.4, -0.2) is 19.4 Å². The summed E-state index contributed by atoms with van der Waals surface area (Å²) in [5, 5.41) is 8.56. The van der Waals surface area contributed by atoms with Gasteiger partial charge in [-0.1, -0.05) is 6.08 Å². The molecule has 0 bridgehead atoms. The lowest BCUT2D eigenvalue weighted by Crippen LogP contribution is -2.32. The van der Waals surface area contributed by atoms with Gasteiger partial charge in [0.2, 0.25) is 10.0 Å².